The number of aromatic nitrogens is 1. The molecule has 162 valence electrons. The molecule has 0 aliphatic carbocycles. The lowest BCUT2D eigenvalue weighted by molar-refractivity contribution is -0.137. The molecule has 0 spiro atoms. The van der Waals surface area contributed by atoms with Gasteiger partial charge in [0.15, 0.2) is 16.4 Å². The molecule has 1 aliphatic heterocycles. The summed E-state index contributed by atoms with van der Waals surface area (Å²) in [5.74, 6) is -1.46. The van der Waals surface area contributed by atoms with E-state index in [4.69, 9.17) is 4.74 Å². The Morgan fingerprint density at radius 2 is 1.90 bits per heavy atom. The first-order chi connectivity index (χ1) is 13.9. The van der Waals surface area contributed by atoms with Gasteiger partial charge < -0.3 is 9.30 Å². The molecule has 2 heterocycles. The van der Waals surface area contributed by atoms with Crippen LogP contribution >= 0.6 is 0 Å². The zero-order chi connectivity index (χ0) is 22.3. The van der Waals surface area contributed by atoms with Gasteiger partial charge in [0.05, 0.1) is 22.6 Å². The number of rotatable bonds is 5. The van der Waals surface area contributed by atoms with Crippen molar-refractivity contribution in [3.05, 3.63) is 58.4 Å². The maximum absolute atomic E-state index is 12.8. The van der Waals surface area contributed by atoms with Crippen LogP contribution in [0.25, 0.3) is 0 Å². The molecule has 0 saturated carbocycles. The third-order valence-corrected chi connectivity index (χ3v) is 6.87. The average Bonchev–Trinajstić information content (AvgIpc) is 3.16. The van der Waals surface area contributed by atoms with Gasteiger partial charge in [0.25, 0.3) is 0 Å². The fourth-order valence-electron chi connectivity index (χ4n) is 3.71. The van der Waals surface area contributed by atoms with Crippen LogP contribution in [-0.4, -0.2) is 42.9 Å². The summed E-state index contributed by atoms with van der Waals surface area (Å²) in [6.45, 7) is 2.80. The Balaban J connectivity index is 1.72. The van der Waals surface area contributed by atoms with Crippen LogP contribution in [0.15, 0.2) is 30.3 Å². The van der Waals surface area contributed by atoms with E-state index in [9.17, 15) is 31.2 Å². The smallest absolute Gasteiger partial charge is 0.416 e. The monoisotopic (exact) mass is 443 g/mol. The number of Topliss-reactive ketones (excluding diaryl/α,β-unsaturated/α-hetero) is 1. The molecule has 1 atom stereocenters. The van der Waals surface area contributed by atoms with Crippen molar-refractivity contribution in [2.45, 2.75) is 32.5 Å². The van der Waals surface area contributed by atoms with Gasteiger partial charge in [-0.2, -0.15) is 13.2 Å². The quantitative estimate of drug-likeness (QED) is 0.522. The molecule has 1 aromatic heterocycles. The van der Waals surface area contributed by atoms with Gasteiger partial charge in [-0.15, -0.1) is 0 Å². The van der Waals surface area contributed by atoms with Crippen LogP contribution in [0, 0.1) is 13.8 Å². The van der Waals surface area contributed by atoms with E-state index in [1.165, 1.54) is 6.07 Å². The fraction of sp³-hybridized carbons (Fsp3) is 0.400. The second-order valence-electron chi connectivity index (χ2n) is 7.29. The molecule has 30 heavy (non-hydrogen) atoms. The van der Waals surface area contributed by atoms with Gasteiger partial charge in [-0.1, -0.05) is 6.07 Å². The van der Waals surface area contributed by atoms with Crippen LogP contribution in [0.4, 0.5) is 13.2 Å². The van der Waals surface area contributed by atoms with Crippen LogP contribution in [0.5, 0.6) is 0 Å². The Labute approximate surface area is 171 Å². The van der Waals surface area contributed by atoms with Gasteiger partial charge in [-0.05, 0) is 44.5 Å². The lowest BCUT2D eigenvalue weighted by atomic mass is 10.1. The Bertz CT molecular complexity index is 1100. The summed E-state index contributed by atoms with van der Waals surface area (Å²) in [4.78, 5) is 24.6. The molecule has 1 aliphatic rings. The predicted octanol–water partition coefficient (Wildman–Crippen LogP) is 3.52. The van der Waals surface area contributed by atoms with Crippen molar-refractivity contribution in [2.24, 2.45) is 0 Å². The molecule has 2 aromatic rings. The van der Waals surface area contributed by atoms with E-state index in [1.807, 2.05) is 0 Å². The number of hydrogen-bond acceptors (Lipinski definition) is 5. The van der Waals surface area contributed by atoms with E-state index in [2.05, 4.69) is 0 Å². The molecule has 0 N–H and O–H groups in total. The van der Waals surface area contributed by atoms with Crippen molar-refractivity contribution < 1.29 is 35.9 Å². The number of hydrogen-bond donors (Lipinski definition) is 0. The summed E-state index contributed by atoms with van der Waals surface area (Å²) < 4.78 is 68.6. The van der Waals surface area contributed by atoms with Crippen LogP contribution in [0.3, 0.4) is 0 Å². The van der Waals surface area contributed by atoms with Gasteiger partial charge in [-0.3, -0.25) is 4.79 Å². The Morgan fingerprint density at radius 3 is 2.50 bits per heavy atom. The number of ether oxygens (including phenoxy) is 1. The second-order valence-corrected chi connectivity index (χ2v) is 9.52. The molecule has 10 heteroatoms. The largest absolute Gasteiger partial charge is 0.454 e. The second kappa shape index (κ2) is 7.90. The molecule has 1 aromatic carbocycles. The Morgan fingerprint density at radius 1 is 1.20 bits per heavy atom. The number of esters is 1. The zero-order valence-electron chi connectivity index (χ0n) is 16.3. The van der Waals surface area contributed by atoms with Crippen LogP contribution in [0.2, 0.25) is 0 Å². The number of carbonyl (C=O) groups excluding carboxylic acids is 2. The first-order valence-corrected chi connectivity index (χ1v) is 11.0. The highest BCUT2D eigenvalue weighted by Gasteiger charge is 2.32. The first kappa shape index (κ1) is 22.1. The van der Waals surface area contributed by atoms with Crippen molar-refractivity contribution in [1.29, 1.82) is 0 Å². The highest BCUT2D eigenvalue weighted by molar-refractivity contribution is 7.91. The number of aryl methyl sites for hydroxylation is 1. The molecule has 0 amide bonds. The minimum Gasteiger partial charge on any atom is -0.454 e. The number of halogens is 3. The lowest BCUT2D eigenvalue weighted by Gasteiger charge is -2.16. The molecule has 1 unspecified atom stereocenters. The molecule has 6 nitrogen and oxygen atoms in total. The molecule has 0 radical (unpaired) electrons. The summed E-state index contributed by atoms with van der Waals surface area (Å²) >= 11 is 0. The van der Waals surface area contributed by atoms with Crippen molar-refractivity contribution in [3.8, 4) is 0 Å². The maximum atomic E-state index is 12.8. The topological polar surface area (TPSA) is 82.4 Å². The van der Waals surface area contributed by atoms with E-state index in [0.29, 0.717) is 23.9 Å². The lowest BCUT2D eigenvalue weighted by Crippen LogP contribution is -2.17. The van der Waals surface area contributed by atoms with Gasteiger partial charge >= 0.3 is 12.1 Å². The van der Waals surface area contributed by atoms with E-state index in [1.54, 1.807) is 24.5 Å². The Kier molecular flexibility index (Phi) is 5.81. The molecule has 3 rings (SSSR count). The third-order valence-electron chi connectivity index (χ3n) is 5.12. The number of alkyl halides is 3. The first-order valence-electron chi connectivity index (χ1n) is 9.15. The number of nitrogens with zero attached hydrogens (tertiary/aromatic N) is 1. The fourth-order valence-corrected chi connectivity index (χ4v) is 5.41. The highest BCUT2D eigenvalue weighted by atomic mass is 32.2. The van der Waals surface area contributed by atoms with Crippen molar-refractivity contribution in [2.75, 3.05) is 18.1 Å². The number of benzene rings is 1. The zero-order valence-corrected chi connectivity index (χ0v) is 17.1. The van der Waals surface area contributed by atoms with E-state index >= 15 is 0 Å². The third kappa shape index (κ3) is 4.58. The maximum Gasteiger partial charge on any atom is 0.416 e. The molecular formula is C20H20F3NO5S. The standard InChI is InChI=1S/C20H20F3NO5S/c1-12-8-17(13(2)24(12)16-6-7-30(27,28)11-16)18(25)10-29-19(26)14-4-3-5-15(9-14)20(21,22)23/h3-5,8-9,16H,6-7,10-11H2,1-2H3. The molecule has 0 bridgehead atoms. The average molecular weight is 443 g/mol. The van der Waals surface area contributed by atoms with Crippen molar-refractivity contribution in [3.63, 3.8) is 0 Å². The number of ketones is 1. The van der Waals surface area contributed by atoms with Gasteiger partial charge in [0.1, 0.15) is 0 Å². The van der Waals surface area contributed by atoms with E-state index in [-0.39, 0.29) is 28.7 Å². The van der Waals surface area contributed by atoms with E-state index in [0.717, 1.165) is 12.1 Å². The summed E-state index contributed by atoms with van der Waals surface area (Å²) in [6, 6.07) is 5.10. The van der Waals surface area contributed by atoms with Gasteiger partial charge in [0, 0.05) is 23.0 Å². The summed E-state index contributed by atoms with van der Waals surface area (Å²) in [6.07, 6.45) is -4.14. The van der Waals surface area contributed by atoms with E-state index < -0.39 is 39.9 Å². The number of sulfone groups is 1. The Hall–Kier alpha value is -2.62. The summed E-state index contributed by atoms with van der Waals surface area (Å²) in [7, 11) is -3.11. The van der Waals surface area contributed by atoms with Crippen molar-refractivity contribution in [1.82, 2.24) is 4.57 Å². The number of carbonyl (C=O) groups is 2. The van der Waals surface area contributed by atoms with Crippen molar-refractivity contribution >= 4 is 21.6 Å². The molecule has 1 fully saturated rings. The highest BCUT2D eigenvalue weighted by Crippen LogP contribution is 2.30. The predicted molar refractivity (Wildman–Crippen MR) is 102 cm³/mol. The molecule has 1 saturated heterocycles. The van der Waals surface area contributed by atoms with Gasteiger partial charge in [0.2, 0.25) is 5.78 Å². The van der Waals surface area contributed by atoms with Crippen LogP contribution < -0.4 is 0 Å². The summed E-state index contributed by atoms with van der Waals surface area (Å²) in [5.41, 5.74) is 0.267. The van der Waals surface area contributed by atoms with Gasteiger partial charge in [-0.25, -0.2) is 13.2 Å². The summed E-state index contributed by atoms with van der Waals surface area (Å²) in [5, 5.41) is 0. The minimum atomic E-state index is -4.60. The molecular weight excluding hydrogens is 423 g/mol. The van der Waals surface area contributed by atoms with Crippen LogP contribution in [-0.2, 0) is 20.8 Å². The SMILES string of the molecule is Cc1cc(C(=O)COC(=O)c2cccc(C(F)(F)F)c2)c(C)n1C1CCS(=O)(=O)C1. The van der Waals surface area contributed by atoms with Crippen LogP contribution in [0.1, 0.15) is 50.1 Å². The minimum absolute atomic E-state index is 0.00151. The normalized spacial score (nSPS) is 18.4.